The van der Waals surface area contributed by atoms with E-state index in [-0.39, 0.29) is 49.3 Å². The van der Waals surface area contributed by atoms with Crippen molar-refractivity contribution in [1.82, 2.24) is 5.32 Å². The molecule has 0 heterocycles. The summed E-state index contributed by atoms with van der Waals surface area (Å²) in [5, 5.41) is 19.0. The molecule has 1 unspecified atom stereocenters. The second kappa shape index (κ2) is 11.2. The van der Waals surface area contributed by atoms with Crippen LogP contribution in [0.1, 0.15) is 22.8 Å². The first-order valence-corrected chi connectivity index (χ1v) is 8.23. The lowest BCUT2D eigenvalue weighted by Crippen LogP contribution is -2.31. The van der Waals surface area contributed by atoms with Gasteiger partial charge in [0.05, 0.1) is 12.2 Å². The van der Waals surface area contributed by atoms with Crippen LogP contribution < -0.4 is 15.8 Å². The third kappa shape index (κ3) is 5.91. The van der Waals surface area contributed by atoms with Gasteiger partial charge in [0.1, 0.15) is 24.0 Å². The molecule has 28 heavy (non-hydrogen) atoms. The van der Waals surface area contributed by atoms with Gasteiger partial charge in [0.25, 0.3) is 5.91 Å². The van der Waals surface area contributed by atoms with Gasteiger partial charge in [0, 0.05) is 19.2 Å². The Kier molecular flexibility index (Phi) is 9.37. The molecule has 152 valence electrons. The molecule has 0 spiro atoms. The molecule has 2 rings (SSSR count). The van der Waals surface area contributed by atoms with Crippen molar-refractivity contribution in [2.75, 3.05) is 20.3 Å². The van der Waals surface area contributed by atoms with Gasteiger partial charge in [-0.05, 0) is 17.7 Å². The Morgan fingerprint density at radius 2 is 1.96 bits per heavy atom. The molecule has 0 fully saturated rings. The number of carbonyl (C=O) groups excluding carboxylic acids is 1. The van der Waals surface area contributed by atoms with Crippen LogP contribution in [0.2, 0.25) is 0 Å². The molecule has 0 aliphatic carbocycles. The maximum atomic E-state index is 14.3. The quantitative estimate of drug-likeness (QED) is 0.371. The van der Waals surface area contributed by atoms with Gasteiger partial charge in [-0.3, -0.25) is 10.2 Å². The standard InChI is InChI=1S/C19H22FN3O4.ClH/c1-26-17(16-14(20)3-2-4-15(16)27-10-9-24)19(25)23-11-12-5-7-13(8-6-12)18(21)22;/h2-8,17,24H,9-11H2,1H3,(H3,21,22)(H,23,25);1H. The molecule has 2 aromatic carbocycles. The van der Waals surface area contributed by atoms with Gasteiger partial charge < -0.3 is 25.6 Å². The largest absolute Gasteiger partial charge is 0.491 e. The Bertz CT molecular complexity index is 802. The molecule has 1 atom stereocenters. The average Bonchev–Trinajstić information content (AvgIpc) is 2.67. The second-order valence-electron chi connectivity index (χ2n) is 5.67. The predicted octanol–water partition coefficient (Wildman–Crippen LogP) is 1.91. The lowest BCUT2D eigenvalue weighted by molar-refractivity contribution is -0.131. The number of amidine groups is 1. The van der Waals surface area contributed by atoms with Gasteiger partial charge in [-0.25, -0.2) is 4.39 Å². The highest BCUT2D eigenvalue weighted by atomic mass is 35.5. The molecule has 5 N–H and O–H groups in total. The Hall–Kier alpha value is -2.68. The first-order valence-electron chi connectivity index (χ1n) is 8.23. The Morgan fingerprint density at radius 3 is 2.54 bits per heavy atom. The minimum Gasteiger partial charge on any atom is -0.491 e. The van der Waals surface area contributed by atoms with Gasteiger partial charge in [0.15, 0.2) is 6.10 Å². The van der Waals surface area contributed by atoms with Gasteiger partial charge in [0.2, 0.25) is 0 Å². The van der Waals surface area contributed by atoms with Crippen LogP contribution in [0.3, 0.4) is 0 Å². The number of halogens is 2. The zero-order chi connectivity index (χ0) is 19.8. The normalized spacial score (nSPS) is 11.2. The topological polar surface area (TPSA) is 118 Å². The van der Waals surface area contributed by atoms with Crippen molar-refractivity contribution >= 4 is 24.1 Å². The van der Waals surface area contributed by atoms with Crippen molar-refractivity contribution in [3.63, 3.8) is 0 Å². The zero-order valence-electron chi connectivity index (χ0n) is 15.3. The molecule has 0 saturated carbocycles. The number of hydrogen-bond donors (Lipinski definition) is 4. The lowest BCUT2D eigenvalue weighted by atomic mass is 10.1. The number of nitrogen functional groups attached to an aromatic ring is 1. The number of benzene rings is 2. The first-order chi connectivity index (χ1) is 13.0. The number of nitrogens with one attached hydrogen (secondary N) is 2. The number of methoxy groups -OCH3 is 1. The van der Waals surface area contributed by atoms with E-state index in [1.165, 1.54) is 25.3 Å². The van der Waals surface area contributed by atoms with E-state index < -0.39 is 17.8 Å². The van der Waals surface area contributed by atoms with Crippen molar-refractivity contribution in [1.29, 1.82) is 5.41 Å². The molecule has 0 radical (unpaired) electrons. The van der Waals surface area contributed by atoms with Crippen LogP contribution >= 0.6 is 12.4 Å². The Morgan fingerprint density at radius 1 is 1.29 bits per heavy atom. The summed E-state index contributed by atoms with van der Waals surface area (Å²) in [5.74, 6) is -1.08. The summed E-state index contributed by atoms with van der Waals surface area (Å²) in [6.07, 6.45) is -1.21. The van der Waals surface area contributed by atoms with Crippen molar-refractivity contribution < 1.29 is 23.8 Å². The fourth-order valence-corrected chi connectivity index (χ4v) is 2.49. The van der Waals surface area contributed by atoms with E-state index in [0.29, 0.717) is 5.56 Å². The van der Waals surface area contributed by atoms with E-state index in [1.54, 1.807) is 24.3 Å². The highest BCUT2D eigenvalue weighted by molar-refractivity contribution is 5.94. The molecule has 0 aliphatic rings. The van der Waals surface area contributed by atoms with Crippen molar-refractivity contribution in [2.45, 2.75) is 12.6 Å². The zero-order valence-corrected chi connectivity index (χ0v) is 16.1. The highest BCUT2D eigenvalue weighted by Crippen LogP contribution is 2.30. The van der Waals surface area contributed by atoms with E-state index in [4.69, 9.17) is 25.7 Å². The summed E-state index contributed by atoms with van der Waals surface area (Å²) in [6, 6.07) is 11.0. The summed E-state index contributed by atoms with van der Waals surface area (Å²) in [4.78, 5) is 12.5. The summed E-state index contributed by atoms with van der Waals surface area (Å²) in [7, 11) is 1.30. The second-order valence-corrected chi connectivity index (χ2v) is 5.67. The number of aliphatic hydroxyl groups excluding tert-OH is 1. The van der Waals surface area contributed by atoms with E-state index >= 15 is 0 Å². The van der Waals surface area contributed by atoms with Gasteiger partial charge in [-0.1, -0.05) is 30.3 Å². The molecular weight excluding hydrogens is 389 g/mol. The molecule has 0 aliphatic heterocycles. The SMILES string of the molecule is COC(C(=O)NCc1ccc(C(=N)N)cc1)c1c(F)cccc1OCCO.Cl. The number of hydrogen-bond acceptors (Lipinski definition) is 5. The number of rotatable bonds is 9. The number of ether oxygens (including phenoxy) is 2. The molecule has 9 heteroatoms. The summed E-state index contributed by atoms with van der Waals surface area (Å²) >= 11 is 0. The number of aliphatic hydroxyl groups is 1. The molecule has 7 nitrogen and oxygen atoms in total. The third-order valence-corrected chi connectivity index (χ3v) is 3.83. The van der Waals surface area contributed by atoms with Crippen molar-refractivity contribution in [3.8, 4) is 5.75 Å². The molecule has 0 aromatic heterocycles. The van der Waals surface area contributed by atoms with E-state index in [2.05, 4.69) is 5.32 Å². The molecular formula is C19H23ClFN3O4. The number of amides is 1. The maximum Gasteiger partial charge on any atom is 0.254 e. The Labute approximate surface area is 168 Å². The Balaban J connectivity index is 0.00000392. The number of nitrogens with two attached hydrogens (primary N) is 1. The lowest BCUT2D eigenvalue weighted by Gasteiger charge is -2.19. The minimum atomic E-state index is -1.21. The fraction of sp³-hybridized carbons (Fsp3) is 0.263. The smallest absolute Gasteiger partial charge is 0.254 e. The van der Waals surface area contributed by atoms with Gasteiger partial charge >= 0.3 is 0 Å². The molecule has 0 bridgehead atoms. The van der Waals surface area contributed by atoms with Gasteiger partial charge in [-0.2, -0.15) is 0 Å². The van der Waals surface area contributed by atoms with Crippen LogP contribution in [-0.4, -0.2) is 37.2 Å². The van der Waals surface area contributed by atoms with Crippen LogP contribution in [-0.2, 0) is 16.1 Å². The van der Waals surface area contributed by atoms with Gasteiger partial charge in [-0.15, -0.1) is 12.4 Å². The van der Waals surface area contributed by atoms with Crippen molar-refractivity contribution in [2.24, 2.45) is 5.73 Å². The summed E-state index contributed by atoms with van der Waals surface area (Å²) in [6.45, 7) is -0.0782. The fourth-order valence-electron chi connectivity index (χ4n) is 2.49. The van der Waals surface area contributed by atoms with E-state index in [9.17, 15) is 9.18 Å². The van der Waals surface area contributed by atoms with E-state index in [1.807, 2.05) is 0 Å². The average molecular weight is 412 g/mol. The maximum absolute atomic E-state index is 14.3. The molecule has 0 saturated heterocycles. The predicted molar refractivity (Wildman–Crippen MR) is 105 cm³/mol. The summed E-state index contributed by atoms with van der Waals surface area (Å²) in [5.41, 5.74) is 6.74. The van der Waals surface area contributed by atoms with E-state index in [0.717, 1.165) is 5.56 Å². The van der Waals surface area contributed by atoms with Crippen LogP contribution in [0.5, 0.6) is 5.75 Å². The highest BCUT2D eigenvalue weighted by Gasteiger charge is 2.27. The number of carbonyl (C=O) groups is 1. The molecule has 2 aromatic rings. The van der Waals surface area contributed by atoms with Crippen LogP contribution in [0.4, 0.5) is 4.39 Å². The third-order valence-electron chi connectivity index (χ3n) is 3.83. The summed E-state index contributed by atoms with van der Waals surface area (Å²) < 4.78 is 24.8. The first kappa shape index (κ1) is 23.4. The van der Waals surface area contributed by atoms with Crippen LogP contribution in [0, 0.1) is 11.2 Å². The molecule has 1 amide bonds. The van der Waals surface area contributed by atoms with Crippen LogP contribution in [0.15, 0.2) is 42.5 Å². The minimum absolute atomic E-state index is 0. The van der Waals surface area contributed by atoms with Crippen molar-refractivity contribution in [3.05, 3.63) is 65.0 Å². The van der Waals surface area contributed by atoms with Crippen LogP contribution in [0.25, 0.3) is 0 Å². The monoisotopic (exact) mass is 411 g/mol.